The molecule has 1 fully saturated rings. The summed E-state index contributed by atoms with van der Waals surface area (Å²) in [5.41, 5.74) is 1.82. The zero-order valence-electron chi connectivity index (χ0n) is 12.4. The van der Waals surface area contributed by atoms with E-state index in [1.165, 1.54) is 0 Å². The van der Waals surface area contributed by atoms with E-state index in [4.69, 9.17) is 4.74 Å². The Labute approximate surface area is 123 Å². The highest BCUT2D eigenvalue weighted by Crippen LogP contribution is 2.27. The predicted molar refractivity (Wildman–Crippen MR) is 79.6 cm³/mol. The van der Waals surface area contributed by atoms with Crippen molar-refractivity contribution >= 4 is 17.0 Å². The van der Waals surface area contributed by atoms with Crippen molar-refractivity contribution in [3.63, 3.8) is 0 Å². The Kier molecular flexibility index (Phi) is 3.68. The number of nitrogens with zero attached hydrogens (tertiary/aromatic N) is 2. The van der Waals surface area contributed by atoms with Gasteiger partial charge in [-0.3, -0.25) is 0 Å². The summed E-state index contributed by atoms with van der Waals surface area (Å²) in [5.74, 6) is 0.451. The molecular weight excluding hydrogens is 268 g/mol. The maximum atomic E-state index is 11.5. The lowest BCUT2D eigenvalue weighted by molar-refractivity contribution is 0.0698. The Morgan fingerprint density at radius 3 is 2.95 bits per heavy atom. The van der Waals surface area contributed by atoms with Gasteiger partial charge in [0.25, 0.3) is 0 Å². The fraction of sp³-hybridized carbons (Fsp3) is 0.500. The monoisotopic (exact) mass is 288 g/mol. The zero-order chi connectivity index (χ0) is 15.0. The van der Waals surface area contributed by atoms with E-state index in [0.29, 0.717) is 11.5 Å². The summed E-state index contributed by atoms with van der Waals surface area (Å²) in [4.78, 5) is 16.1. The number of fused-ring (bicyclic) bond motifs is 1. The van der Waals surface area contributed by atoms with Crippen LogP contribution in [0.3, 0.4) is 0 Å². The number of ether oxygens (including phenoxy) is 1. The topological polar surface area (TPSA) is 64.3 Å². The van der Waals surface area contributed by atoms with Gasteiger partial charge in [-0.1, -0.05) is 13.0 Å². The average molecular weight is 288 g/mol. The maximum absolute atomic E-state index is 11.5. The summed E-state index contributed by atoms with van der Waals surface area (Å²) in [7, 11) is 0. The molecule has 0 radical (unpaired) electrons. The van der Waals surface area contributed by atoms with Crippen molar-refractivity contribution in [2.45, 2.75) is 39.3 Å². The van der Waals surface area contributed by atoms with Gasteiger partial charge in [-0.05, 0) is 25.5 Å². The molecule has 112 valence electrons. The zero-order valence-corrected chi connectivity index (χ0v) is 12.4. The largest absolute Gasteiger partial charge is 0.478 e. The molecule has 0 aliphatic carbocycles. The fourth-order valence-electron chi connectivity index (χ4n) is 3.12. The second-order valence-corrected chi connectivity index (χ2v) is 5.60. The van der Waals surface area contributed by atoms with E-state index >= 15 is 0 Å². The molecular formula is C16H20N2O3. The number of para-hydroxylation sites is 1. The van der Waals surface area contributed by atoms with Crippen LogP contribution in [0.5, 0.6) is 0 Å². The van der Waals surface area contributed by atoms with E-state index in [1.54, 1.807) is 12.1 Å². The van der Waals surface area contributed by atoms with E-state index in [0.717, 1.165) is 42.9 Å². The van der Waals surface area contributed by atoms with Crippen molar-refractivity contribution < 1.29 is 14.6 Å². The number of hydrogen-bond acceptors (Lipinski definition) is 3. The second-order valence-electron chi connectivity index (χ2n) is 5.60. The number of benzene rings is 1. The van der Waals surface area contributed by atoms with Crippen LogP contribution in [0.25, 0.3) is 11.0 Å². The molecule has 1 N–H and O–H groups in total. The molecule has 1 saturated heterocycles. The summed E-state index contributed by atoms with van der Waals surface area (Å²) in [5, 5.41) is 9.44. The molecule has 2 aromatic rings. The Hall–Kier alpha value is -1.88. The standard InChI is InChI=1S/C16H20N2O3/c1-3-14-17-13-6-4-5-12(16(19)20)15(13)18(14)9-11-7-8-21-10(11)2/h4-6,10-11H,3,7-9H2,1-2H3,(H,19,20). The Balaban J connectivity index is 2.12. The fourth-order valence-corrected chi connectivity index (χ4v) is 3.12. The van der Waals surface area contributed by atoms with Crippen LogP contribution in [0.1, 0.15) is 36.5 Å². The van der Waals surface area contributed by atoms with Gasteiger partial charge in [0.05, 0.1) is 22.7 Å². The van der Waals surface area contributed by atoms with Gasteiger partial charge in [-0.25, -0.2) is 9.78 Å². The first-order chi connectivity index (χ1) is 10.1. The highest BCUT2D eigenvalue weighted by molar-refractivity contribution is 6.01. The molecule has 21 heavy (non-hydrogen) atoms. The molecule has 2 unspecified atom stereocenters. The van der Waals surface area contributed by atoms with Crippen LogP contribution in [0, 0.1) is 5.92 Å². The lowest BCUT2D eigenvalue weighted by Gasteiger charge is -2.17. The number of carboxylic acid groups (broad SMARTS) is 1. The summed E-state index contributed by atoms with van der Waals surface area (Å²) in [6.07, 6.45) is 2.01. The van der Waals surface area contributed by atoms with Crippen molar-refractivity contribution in [3.8, 4) is 0 Å². The summed E-state index contributed by atoms with van der Waals surface area (Å²) in [6.45, 7) is 5.68. The van der Waals surface area contributed by atoms with E-state index in [9.17, 15) is 9.90 Å². The first-order valence-electron chi connectivity index (χ1n) is 7.44. The van der Waals surface area contributed by atoms with Gasteiger partial charge in [-0.15, -0.1) is 0 Å². The molecule has 5 nitrogen and oxygen atoms in total. The molecule has 1 aromatic heterocycles. The number of aromatic nitrogens is 2. The molecule has 1 aromatic carbocycles. The molecule has 0 saturated carbocycles. The SMILES string of the molecule is CCc1nc2cccc(C(=O)O)c2n1CC1CCOC1C. The van der Waals surface area contributed by atoms with Crippen molar-refractivity contribution in [1.29, 1.82) is 0 Å². The van der Waals surface area contributed by atoms with Crippen LogP contribution in [0.15, 0.2) is 18.2 Å². The van der Waals surface area contributed by atoms with Crippen LogP contribution >= 0.6 is 0 Å². The highest BCUT2D eigenvalue weighted by atomic mass is 16.5. The normalized spacial score (nSPS) is 22.0. The average Bonchev–Trinajstić information content (AvgIpc) is 3.03. The van der Waals surface area contributed by atoms with Crippen LogP contribution in [0.2, 0.25) is 0 Å². The van der Waals surface area contributed by atoms with Crippen LogP contribution in [0.4, 0.5) is 0 Å². The maximum Gasteiger partial charge on any atom is 0.337 e. The highest BCUT2D eigenvalue weighted by Gasteiger charge is 2.27. The number of aromatic carboxylic acids is 1. The van der Waals surface area contributed by atoms with Crippen LogP contribution in [-0.2, 0) is 17.7 Å². The Bertz CT molecular complexity index is 677. The van der Waals surface area contributed by atoms with Crippen LogP contribution < -0.4 is 0 Å². The van der Waals surface area contributed by atoms with Crippen molar-refractivity contribution in [2.75, 3.05) is 6.61 Å². The number of aryl methyl sites for hydroxylation is 1. The molecule has 0 spiro atoms. The minimum absolute atomic E-state index is 0.212. The first kappa shape index (κ1) is 14.1. The van der Waals surface area contributed by atoms with E-state index < -0.39 is 5.97 Å². The number of carbonyl (C=O) groups is 1. The Morgan fingerprint density at radius 1 is 1.52 bits per heavy atom. The van der Waals surface area contributed by atoms with Gasteiger partial charge in [0, 0.05) is 25.5 Å². The van der Waals surface area contributed by atoms with Crippen molar-refractivity contribution in [2.24, 2.45) is 5.92 Å². The minimum Gasteiger partial charge on any atom is -0.478 e. The third kappa shape index (κ3) is 2.42. The van der Waals surface area contributed by atoms with Gasteiger partial charge < -0.3 is 14.4 Å². The predicted octanol–water partition coefficient (Wildman–Crippen LogP) is 2.72. The molecule has 3 rings (SSSR count). The van der Waals surface area contributed by atoms with Crippen LogP contribution in [-0.4, -0.2) is 33.3 Å². The van der Waals surface area contributed by atoms with Gasteiger partial charge in [0.15, 0.2) is 0 Å². The van der Waals surface area contributed by atoms with Crippen molar-refractivity contribution in [3.05, 3.63) is 29.6 Å². The number of imidazole rings is 1. The van der Waals surface area contributed by atoms with Crippen molar-refractivity contribution in [1.82, 2.24) is 9.55 Å². The molecule has 1 aliphatic heterocycles. The van der Waals surface area contributed by atoms with E-state index in [1.807, 2.05) is 13.0 Å². The van der Waals surface area contributed by atoms with Gasteiger partial charge in [0.2, 0.25) is 0 Å². The molecule has 5 heteroatoms. The van der Waals surface area contributed by atoms with E-state index in [2.05, 4.69) is 16.5 Å². The Morgan fingerprint density at radius 2 is 2.33 bits per heavy atom. The molecule has 2 heterocycles. The van der Waals surface area contributed by atoms with Gasteiger partial charge >= 0.3 is 5.97 Å². The third-order valence-corrected chi connectivity index (χ3v) is 4.34. The smallest absolute Gasteiger partial charge is 0.337 e. The molecule has 1 aliphatic rings. The number of hydrogen-bond donors (Lipinski definition) is 1. The van der Waals surface area contributed by atoms with Gasteiger partial charge in [0.1, 0.15) is 5.82 Å². The minimum atomic E-state index is -0.903. The lowest BCUT2D eigenvalue weighted by Crippen LogP contribution is -2.19. The molecule has 2 atom stereocenters. The summed E-state index contributed by atoms with van der Waals surface area (Å²) >= 11 is 0. The first-order valence-corrected chi connectivity index (χ1v) is 7.44. The molecule has 0 bridgehead atoms. The lowest BCUT2D eigenvalue weighted by atomic mass is 10.0. The van der Waals surface area contributed by atoms with Gasteiger partial charge in [-0.2, -0.15) is 0 Å². The molecule has 0 amide bonds. The second kappa shape index (κ2) is 5.48. The summed E-state index contributed by atoms with van der Waals surface area (Å²) in [6, 6.07) is 5.28. The quantitative estimate of drug-likeness (QED) is 0.939. The third-order valence-electron chi connectivity index (χ3n) is 4.34. The van der Waals surface area contributed by atoms with E-state index in [-0.39, 0.29) is 6.10 Å². The number of carboxylic acids is 1. The summed E-state index contributed by atoms with van der Waals surface area (Å²) < 4.78 is 7.71. The number of rotatable bonds is 4.